The number of benzene rings is 2. The van der Waals surface area contributed by atoms with Gasteiger partial charge < -0.3 is 30.1 Å². The van der Waals surface area contributed by atoms with Crippen molar-refractivity contribution in [3.63, 3.8) is 0 Å². The largest absolute Gasteiger partial charge is 0.502 e. The molecule has 32 heavy (non-hydrogen) atoms. The molecule has 172 valence electrons. The maximum Gasteiger partial charge on any atom is 0.246 e. The van der Waals surface area contributed by atoms with Crippen molar-refractivity contribution in [2.45, 2.75) is 26.7 Å². The number of ether oxygens (including phenoxy) is 2. The highest BCUT2D eigenvalue weighted by atomic mass is 16.5. The topological polar surface area (TPSA) is 88.3 Å². The monoisotopic (exact) mass is 439 g/mol. The first-order valence-electron chi connectivity index (χ1n) is 11.2. The van der Waals surface area contributed by atoms with Crippen molar-refractivity contribution in [2.24, 2.45) is 0 Å². The summed E-state index contributed by atoms with van der Waals surface area (Å²) in [6, 6.07) is 11.3. The Morgan fingerprint density at radius 2 is 1.56 bits per heavy atom. The molecule has 0 saturated carbocycles. The zero-order valence-electron chi connectivity index (χ0n) is 18.9. The molecular weight excluding hydrogens is 406 g/mol. The Kier molecular flexibility index (Phi) is 8.25. The SMILES string of the molecule is CCCOc1cc(C=CC(=O)N2CCN(c3ccc(N)cc3)CC2)cc(OCCC)c1O. The summed E-state index contributed by atoms with van der Waals surface area (Å²) in [6.07, 6.45) is 4.96. The van der Waals surface area contributed by atoms with E-state index in [9.17, 15) is 9.90 Å². The fourth-order valence-corrected chi connectivity index (χ4v) is 3.49. The van der Waals surface area contributed by atoms with E-state index in [0.29, 0.717) is 37.8 Å². The second-order valence-corrected chi connectivity index (χ2v) is 7.80. The predicted molar refractivity (Wildman–Crippen MR) is 128 cm³/mol. The van der Waals surface area contributed by atoms with Crippen LogP contribution in [0.15, 0.2) is 42.5 Å². The maximum atomic E-state index is 12.7. The van der Waals surface area contributed by atoms with Gasteiger partial charge in [0.25, 0.3) is 0 Å². The van der Waals surface area contributed by atoms with Crippen molar-refractivity contribution in [3.8, 4) is 17.2 Å². The van der Waals surface area contributed by atoms with E-state index >= 15 is 0 Å². The summed E-state index contributed by atoms with van der Waals surface area (Å²) in [5.74, 6) is 0.686. The minimum absolute atomic E-state index is 0.00540. The van der Waals surface area contributed by atoms with Crippen molar-refractivity contribution in [3.05, 3.63) is 48.0 Å². The first-order valence-corrected chi connectivity index (χ1v) is 11.2. The van der Waals surface area contributed by atoms with Gasteiger partial charge in [0, 0.05) is 43.6 Å². The third-order valence-corrected chi connectivity index (χ3v) is 5.25. The first kappa shape index (κ1) is 23.3. The Morgan fingerprint density at radius 1 is 1.00 bits per heavy atom. The standard InChI is InChI=1S/C25H33N3O4/c1-3-15-31-22-17-19(18-23(25(22)30)32-16-4-2)5-10-24(29)28-13-11-27(12-14-28)21-8-6-20(26)7-9-21/h5-10,17-18,30H,3-4,11-16,26H2,1-2H3. The number of hydrogen-bond donors (Lipinski definition) is 2. The van der Waals surface area contributed by atoms with Crippen LogP contribution in [0.3, 0.4) is 0 Å². The van der Waals surface area contributed by atoms with Crippen LogP contribution < -0.4 is 20.1 Å². The van der Waals surface area contributed by atoms with Gasteiger partial charge in [-0.25, -0.2) is 0 Å². The lowest BCUT2D eigenvalue weighted by Gasteiger charge is -2.35. The summed E-state index contributed by atoms with van der Waals surface area (Å²) >= 11 is 0. The van der Waals surface area contributed by atoms with E-state index in [1.807, 2.05) is 43.0 Å². The number of carbonyl (C=O) groups excluding carboxylic acids is 1. The molecule has 2 aromatic rings. The van der Waals surface area contributed by atoms with Gasteiger partial charge in [-0.05, 0) is 60.9 Å². The summed E-state index contributed by atoms with van der Waals surface area (Å²) in [6.45, 7) is 7.83. The van der Waals surface area contributed by atoms with Crippen LogP contribution in [0.25, 0.3) is 6.08 Å². The Hall–Kier alpha value is -3.35. The Labute approximate surface area is 190 Å². The van der Waals surface area contributed by atoms with E-state index in [1.54, 1.807) is 24.3 Å². The van der Waals surface area contributed by atoms with E-state index in [-0.39, 0.29) is 11.7 Å². The normalized spacial score (nSPS) is 14.1. The van der Waals surface area contributed by atoms with Crippen LogP contribution >= 0.6 is 0 Å². The second-order valence-electron chi connectivity index (χ2n) is 7.80. The van der Waals surface area contributed by atoms with Crippen LogP contribution in [0.5, 0.6) is 17.2 Å². The van der Waals surface area contributed by atoms with Gasteiger partial charge in [-0.1, -0.05) is 13.8 Å². The number of aromatic hydroxyl groups is 1. The molecule has 0 unspecified atom stereocenters. The number of nitrogens with zero attached hydrogens (tertiary/aromatic N) is 2. The van der Waals surface area contributed by atoms with Crippen molar-refractivity contribution in [1.82, 2.24) is 4.90 Å². The predicted octanol–water partition coefficient (Wildman–Crippen LogP) is 3.91. The molecule has 1 saturated heterocycles. The quantitative estimate of drug-likeness (QED) is 0.455. The number of carbonyl (C=O) groups is 1. The van der Waals surface area contributed by atoms with Crippen molar-refractivity contribution in [1.29, 1.82) is 0 Å². The molecule has 1 fully saturated rings. The third-order valence-electron chi connectivity index (χ3n) is 5.25. The Bertz CT molecular complexity index is 890. The van der Waals surface area contributed by atoms with Gasteiger partial charge in [-0.2, -0.15) is 0 Å². The number of hydrogen-bond acceptors (Lipinski definition) is 6. The zero-order valence-corrected chi connectivity index (χ0v) is 18.9. The number of nitrogen functional groups attached to an aromatic ring is 1. The zero-order chi connectivity index (χ0) is 22.9. The van der Waals surface area contributed by atoms with Gasteiger partial charge in [-0.3, -0.25) is 4.79 Å². The molecule has 1 heterocycles. The average Bonchev–Trinajstić information content (AvgIpc) is 2.82. The molecule has 1 amide bonds. The smallest absolute Gasteiger partial charge is 0.246 e. The van der Waals surface area contributed by atoms with Gasteiger partial charge in [0.2, 0.25) is 11.7 Å². The summed E-state index contributed by atoms with van der Waals surface area (Å²) in [4.78, 5) is 16.8. The molecule has 0 bridgehead atoms. The second kappa shape index (κ2) is 11.3. The molecule has 2 aromatic carbocycles. The molecule has 0 atom stereocenters. The minimum Gasteiger partial charge on any atom is -0.502 e. The molecule has 0 aliphatic carbocycles. The van der Waals surface area contributed by atoms with E-state index in [0.717, 1.165) is 42.9 Å². The lowest BCUT2D eigenvalue weighted by atomic mass is 10.1. The molecule has 7 nitrogen and oxygen atoms in total. The van der Waals surface area contributed by atoms with E-state index < -0.39 is 0 Å². The molecule has 7 heteroatoms. The Morgan fingerprint density at radius 3 is 2.09 bits per heavy atom. The highest BCUT2D eigenvalue weighted by molar-refractivity contribution is 5.92. The van der Waals surface area contributed by atoms with Crippen LogP contribution in [0.4, 0.5) is 11.4 Å². The van der Waals surface area contributed by atoms with Crippen LogP contribution in [0.1, 0.15) is 32.3 Å². The fraction of sp³-hybridized carbons (Fsp3) is 0.400. The van der Waals surface area contributed by atoms with E-state index in [2.05, 4.69) is 4.90 Å². The number of amides is 1. The third kappa shape index (κ3) is 6.09. The van der Waals surface area contributed by atoms with Gasteiger partial charge in [-0.15, -0.1) is 0 Å². The van der Waals surface area contributed by atoms with Gasteiger partial charge in [0.1, 0.15) is 0 Å². The molecule has 1 aliphatic rings. The fourth-order valence-electron chi connectivity index (χ4n) is 3.49. The van der Waals surface area contributed by atoms with Gasteiger partial charge >= 0.3 is 0 Å². The molecule has 0 aromatic heterocycles. The molecule has 1 aliphatic heterocycles. The first-order chi connectivity index (χ1) is 15.5. The lowest BCUT2D eigenvalue weighted by molar-refractivity contribution is -0.126. The molecular formula is C25H33N3O4. The average molecular weight is 440 g/mol. The van der Waals surface area contributed by atoms with Crippen LogP contribution in [-0.2, 0) is 4.79 Å². The summed E-state index contributed by atoms with van der Waals surface area (Å²) in [5.41, 5.74) is 8.37. The van der Waals surface area contributed by atoms with Crippen LogP contribution in [-0.4, -0.2) is 55.3 Å². The number of anilines is 2. The minimum atomic E-state index is -0.0397. The molecule has 3 N–H and O–H groups in total. The number of phenolic OH excluding ortho intramolecular Hbond substituents is 1. The Balaban J connectivity index is 1.64. The van der Waals surface area contributed by atoms with Crippen LogP contribution in [0, 0.1) is 0 Å². The number of piperazine rings is 1. The van der Waals surface area contributed by atoms with Crippen molar-refractivity contribution >= 4 is 23.4 Å². The summed E-state index contributed by atoms with van der Waals surface area (Å²) < 4.78 is 11.3. The van der Waals surface area contributed by atoms with E-state index in [1.165, 1.54) is 0 Å². The highest BCUT2D eigenvalue weighted by Gasteiger charge is 2.20. The summed E-state index contributed by atoms with van der Waals surface area (Å²) in [5, 5.41) is 10.4. The highest BCUT2D eigenvalue weighted by Crippen LogP contribution is 2.38. The van der Waals surface area contributed by atoms with Crippen molar-refractivity contribution < 1.29 is 19.4 Å². The van der Waals surface area contributed by atoms with Crippen molar-refractivity contribution in [2.75, 3.05) is 50.0 Å². The number of phenols is 1. The lowest BCUT2D eigenvalue weighted by Crippen LogP contribution is -2.48. The van der Waals surface area contributed by atoms with Gasteiger partial charge in [0.15, 0.2) is 11.5 Å². The van der Waals surface area contributed by atoms with Crippen LogP contribution in [0.2, 0.25) is 0 Å². The molecule has 0 radical (unpaired) electrons. The maximum absolute atomic E-state index is 12.7. The molecule has 3 rings (SSSR count). The summed E-state index contributed by atoms with van der Waals surface area (Å²) in [7, 11) is 0. The molecule has 0 spiro atoms. The number of rotatable bonds is 9. The van der Waals surface area contributed by atoms with Gasteiger partial charge in [0.05, 0.1) is 13.2 Å². The van der Waals surface area contributed by atoms with E-state index in [4.69, 9.17) is 15.2 Å². The number of nitrogens with two attached hydrogens (primary N) is 1.